The van der Waals surface area contributed by atoms with Crippen molar-refractivity contribution in [1.82, 2.24) is 19.4 Å². The number of hydrogen-bond donors (Lipinski definition) is 1. The molecular formula is C15H18N4O5S. The first kappa shape index (κ1) is 17.4. The van der Waals surface area contributed by atoms with Crippen LogP contribution in [0.5, 0.6) is 0 Å². The monoisotopic (exact) mass is 366 g/mol. The van der Waals surface area contributed by atoms with E-state index in [1.807, 2.05) is 13.8 Å². The molecule has 3 rings (SSSR count). The third kappa shape index (κ3) is 3.49. The summed E-state index contributed by atoms with van der Waals surface area (Å²) in [4.78, 5) is 16.3. The molecule has 0 fully saturated rings. The van der Waals surface area contributed by atoms with Gasteiger partial charge in [-0.25, -0.2) is 17.9 Å². The van der Waals surface area contributed by atoms with Crippen LogP contribution in [0.2, 0.25) is 0 Å². The molecule has 2 heterocycles. The summed E-state index contributed by atoms with van der Waals surface area (Å²) in [6.07, 6.45) is 1.28. The SMILES string of the molecule is CCCNS(=O)(=O)c1ccc2c(c1)oc(=O)n2Cc1noc(CC)n1. The molecule has 9 nitrogen and oxygen atoms in total. The fourth-order valence-electron chi connectivity index (χ4n) is 2.32. The molecule has 10 heteroatoms. The minimum Gasteiger partial charge on any atom is -0.408 e. The van der Waals surface area contributed by atoms with Gasteiger partial charge in [-0.1, -0.05) is 19.0 Å². The van der Waals surface area contributed by atoms with Crippen LogP contribution in [0.1, 0.15) is 32.0 Å². The zero-order valence-corrected chi connectivity index (χ0v) is 14.7. The highest BCUT2D eigenvalue weighted by Crippen LogP contribution is 2.19. The average molecular weight is 366 g/mol. The lowest BCUT2D eigenvalue weighted by Crippen LogP contribution is -2.24. The predicted molar refractivity (Wildman–Crippen MR) is 88.7 cm³/mol. The van der Waals surface area contributed by atoms with E-state index in [1.54, 1.807) is 0 Å². The fraction of sp³-hybridized carbons (Fsp3) is 0.400. The quantitative estimate of drug-likeness (QED) is 0.668. The van der Waals surface area contributed by atoms with Crippen LogP contribution in [-0.2, 0) is 23.0 Å². The number of aromatic nitrogens is 3. The first-order valence-electron chi connectivity index (χ1n) is 7.89. The summed E-state index contributed by atoms with van der Waals surface area (Å²) in [5, 5.41) is 3.81. The van der Waals surface area contributed by atoms with Crippen LogP contribution in [0.4, 0.5) is 0 Å². The Morgan fingerprint density at radius 2 is 2.08 bits per heavy atom. The Kier molecular flexibility index (Phi) is 4.73. The van der Waals surface area contributed by atoms with Gasteiger partial charge in [0.2, 0.25) is 15.9 Å². The van der Waals surface area contributed by atoms with E-state index in [1.165, 1.54) is 22.8 Å². The first-order chi connectivity index (χ1) is 11.9. The van der Waals surface area contributed by atoms with Crippen molar-refractivity contribution in [3.63, 3.8) is 0 Å². The van der Waals surface area contributed by atoms with E-state index in [9.17, 15) is 13.2 Å². The van der Waals surface area contributed by atoms with Gasteiger partial charge in [0, 0.05) is 19.0 Å². The molecule has 0 bridgehead atoms. The van der Waals surface area contributed by atoms with Gasteiger partial charge in [0.25, 0.3) is 0 Å². The lowest BCUT2D eigenvalue weighted by Gasteiger charge is -2.05. The molecular weight excluding hydrogens is 348 g/mol. The molecule has 0 atom stereocenters. The summed E-state index contributed by atoms with van der Waals surface area (Å²) in [6, 6.07) is 4.29. The maximum absolute atomic E-state index is 12.2. The molecule has 2 aromatic heterocycles. The van der Waals surface area contributed by atoms with Gasteiger partial charge in [-0.15, -0.1) is 0 Å². The Hall–Kier alpha value is -2.46. The zero-order valence-electron chi connectivity index (χ0n) is 13.9. The van der Waals surface area contributed by atoms with Crippen molar-refractivity contribution in [3.8, 4) is 0 Å². The number of nitrogens with one attached hydrogen (secondary N) is 1. The lowest BCUT2D eigenvalue weighted by atomic mass is 10.3. The standard InChI is InChI=1S/C15H18N4O5S/c1-3-7-16-25(21,22)10-5-6-11-12(8-10)23-15(20)19(11)9-13-17-14(4-2)24-18-13/h5-6,8,16H,3-4,7,9H2,1-2H3. The van der Waals surface area contributed by atoms with E-state index >= 15 is 0 Å². The van der Waals surface area contributed by atoms with Crippen molar-refractivity contribution in [2.45, 2.75) is 38.1 Å². The van der Waals surface area contributed by atoms with Gasteiger partial charge in [-0.3, -0.25) is 4.57 Å². The fourth-order valence-corrected chi connectivity index (χ4v) is 3.47. The molecule has 1 aromatic carbocycles. The van der Waals surface area contributed by atoms with Crippen LogP contribution in [0.25, 0.3) is 11.1 Å². The van der Waals surface area contributed by atoms with Crippen LogP contribution < -0.4 is 10.5 Å². The van der Waals surface area contributed by atoms with Crippen molar-refractivity contribution in [2.24, 2.45) is 0 Å². The number of aryl methyl sites for hydroxylation is 1. The number of benzene rings is 1. The molecule has 0 unspecified atom stereocenters. The number of hydrogen-bond acceptors (Lipinski definition) is 7. The van der Waals surface area contributed by atoms with Gasteiger partial charge in [0.15, 0.2) is 11.4 Å². The summed E-state index contributed by atoms with van der Waals surface area (Å²) in [5.74, 6) is 0.211. The van der Waals surface area contributed by atoms with Gasteiger partial charge in [0.05, 0.1) is 17.0 Å². The van der Waals surface area contributed by atoms with Gasteiger partial charge >= 0.3 is 5.76 Å². The predicted octanol–water partition coefficient (Wildman–Crippen LogP) is 1.28. The summed E-state index contributed by atoms with van der Waals surface area (Å²) in [7, 11) is -3.64. The third-order valence-corrected chi connectivity index (χ3v) is 5.06. The number of rotatable bonds is 7. The number of oxazole rings is 1. The second-order valence-electron chi connectivity index (χ2n) is 5.44. The lowest BCUT2D eigenvalue weighted by molar-refractivity contribution is 0.375. The zero-order chi connectivity index (χ0) is 18.0. The molecule has 0 radical (unpaired) electrons. The molecule has 25 heavy (non-hydrogen) atoms. The normalized spacial score (nSPS) is 12.1. The molecule has 0 saturated heterocycles. The van der Waals surface area contributed by atoms with Crippen LogP contribution in [0, 0.1) is 0 Å². The van der Waals surface area contributed by atoms with Crippen molar-refractivity contribution in [3.05, 3.63) is 40.5 Å². The molecule has 0 aliphatic rings. The van der Waals surface area contributed by atoms with Crippen LogP contribution in [0.15, 0.2) is 36.8 Å². The van der Waals surface area contributed by atoms with Crippen LogP contribution >= 0.6 is 0 Å². The second-order valence-corrected chi connectivity index (χ2v) is 7.21. The van der Waals surface area contributed by atoms with E-state index in [4.69, 9.17) is 8.94 Å². The number of nitrogens with zero attached hydrogens (tertiary/aromatic N) is 3. The molecule has 0 amide bonds. The van der Waals surface area contributed by atoms with E-state index in [2.05, 4.69) is 14.9 Å². The van der Waals surface area contributed by atoms with Gasteiger partial charge in [-0.05, 0) is 18.6 Å². The first-order valence-corrected chi connectivity index (χ1v) is 9.37. The summed E-state index contributed by atoms with van der Waals surface area (Å²) in [6.45, 7) is 4.16. The highest BCUT2D eigenvalue weighted by molar-refractivity contribution is 7.89. The average Bonchev–Trinajstić information content (AvgIpc) is 3.17. The molecule has 0 saturated carbocycles. The van der Waals surface area contributed by atoms with Crippen molar-refractivity contribution < 1.29 is 17.4 Å². The largest absolute Gasteiger partial charge is 0.420 e. The summed E-state index contributed by atoms with van der Waals surface area (Å²) in [5.41, 5.74) is 0.644. The number of sulfonamides is 1. The van der Waals surface area contributed by atoms with Gasteiger partial charge < -0.3 is 8.94 Å². The second kappa shape index (κ2) is 6.81. The Bertz CT molecular complexity index is 1050. The van der Waals surface area contributed by atoms with E-state index in [0.717, 1.165) is 0 Å². The van der Waals surface area contributed by atoms with Crippen molar-refractivity contribution in [2.75, 3.05) is 6.54 Å². The summed E-state index contributed by atoms with van der Waals surface area (Å²) >= 11 is 0. The topological polar surface area (TPSA) is 120 Å². The summed E-state index contributed by atoms with van der Waals surface area (Å²) < 4.78 is 38.4. The van der Waals surface area contributed by atoms with Gasteiger partial charge in [-0.2, -0.15) is 4.98 Å². The van der Waals surface area contributed by atoms with E-state index in [0.29, 0.717) is 36.6 Å². The minimum absolute atomic E-state index is 0.0437. The van der Waals surface area contributed by atoms with E-state index < -0.39 is 15.8 Å². The molecule has 134 valence electrons. The Morgan fingerprint density at radius 1 is 1.28 bits per heavy atom. The minimum atomic E-state index is -3.64. The highest BCUT2D eigenvalue weighted by atomic mass is 32.2. The van der Waals surface area contributed by atoms with E-state index in [-0.39, 0.29) is 17.0 Å². The van der Waals surface area contributed by atoms with Crippen LogP contribution in [0.3, 0.4) is 0 Å². The van der Waals surface area contributed by atoms with Crippen molar-refractivity contribution in [1.29, 1.82) is 0 Å². The Labute approximate surface area is 143 Å². The van der Waals surface area contributed by atoms with Crippen LogP contribution in [-0.4, -0.2) is 29.7 Å². The number of fused-ring (bicyclic) bond motifs is 1. The highest BCUT2D eigenvalue weighted by Gasteiger charge is 2.18. The third-order valence-electron chi connectivity index (χ3n) is 3.60. The maximum atomic E-state index is 12.2. The maximum Gasteiger partial charge on any atom is 0.420 e. The Balaban J connectivity index is 1.97. The van der Waals surface area contributed by atoms with Crippen molar-refractivity contribution >= 4 is 21.1 Å². The molecule has 3 aromatic rings. The smallest absolute Gasteiger partial charge is 0.408 e. The molecule has 0 spiro atoms. The molecule has 1 N–H and O–H groups in total. The molecule has 0 aliphatic heterocycles. The molecule has 0 aliphatic carbocycles. The van der Waals surface area contributed by atoms with Gasteiger partial charge in [0.1, 0.15) is 0 Å². The Morgan fingerprint density at radius 3 is 2.76 bits per heavy atom.